The fourth-order valence-corrected chi connectivity index (χ4v) is 2.39. The van der Waals surface area contributed by atoms with Crippen LogP contribution >= 0.6 is 0 Å². The predicted octanol–water partition coefficient (Wildman–Crippen LogP) is 3.50. The van der Waals surface area contributed by atoms with E-state index in [1.165, 1.54) is 12.1 Å². The van der Waals surface area contributed by atoms with Gasteiger partial charge in [-0.25, -0.2) is 4.39 Å². The Bertz CT molecular complexity index is 712. The lowest BCUT2D eigenvalue weighted by Gasteiger charge is -2.22. The van der Waals surface area contributed by atoms with Crippen LogP contribution in [0.25, 0.3) is 0 Å². The van der Waals surface area contributed by atoms with E-state index in [-0.39, 0.29) is 17.8 Å². The van der Waals surface area contributed by atoms with Gasteiger partial charge in [-0.2, -0.15) is 5.26 Å². The second-order valence-corrected chi connectivity index (χ2v) is 5.48. The highest BCUT2D eigenvalue weighted by Crippen LogP contribution is 2.30. The fraction of sp³-hybridized carbons (Fsp3) is 0.222. The molecule has 0 spiro atoms. The summed E-state index contributed by atoms with van der Waals surface area (Å²) in [7, 11) is 0. The molecule has 4 heteroatoms. The zero-order valence-corrected chi connectivity index (χ0v) is 12.0. The van der Waals surface area contributed by atoms with Crippen LogP contribution in [-0.2, 0) is 6.54 Å². The Morgan fingerprint density at radius 3 is 2.32 bits per heavy atom. The molecule has 1 aliphatic carbocycles. The molecule has 0 bridgehead atoms. The third-order valence-corrected chi connectivity index (χ3v) is 3.78. The molecule has 0 aromatic heterocycles. The van der Waals surface area contributed by atoms with Crippen LogP contribution in [-0.4, -0.2) is 16.8 Å². The molecular weight excluding hydrogens is 279 g/mol. The van der Waals surface area contributed by atoms with Gasteiger partial charge >= 0.3 is 0 Å². The Hall–Kier alpha value is -2.67. The molecular formula is C18H15FN2O. The molecule has 2 aromatic carbocycles. The standard InChI is InChI=1S/C18H15FN2O/c19-16-7-3-14(4-8-16)12-21(17-9-10-17)18(22)15-5-1-13(11-20)2-6-15/h1-8,17H,9-10,12H2. The molecule has 0 unspecified atom stereocenters. The van der Waals surface area contributed by atoms with Gasteiger partial charge in [-0.3, -0.25) is 4.79 Å². The van der Waals surface area contributed by atoms with E-state index in [4.69, 9.17) is 5.26 Å². The minimum atomic E-state index is -0.278. The Balaban J connectivity index is 1.79. The Kier molecular flexibility index (Phi) is 3.88. The van der Waals surface area contributed by atoms with Gasteiger partial charge < -0.3 is 4.90 Å². The lowest BCUT2D eigenvalue weighted by atomic mass is 10.1. The second-order valence-electron chi connectivity index (χ2n) is 5.48. The molecule has 3 nitrogen and oxygen atoms in total. The van der Waals surface area contributed by atoms with Crippen molar-refractivity contribution in [3.05, 3.63) is 71.0 Å². The number of nitriles is 1. The minimum Gasteiger partial charge on any atom is -0.331 e. The van der Waals surface area contributed by atoms with Crippen LogP contribution in [0.5, 0.6) is 0 Å². The van der Waals surface area contributed by atoms with Gasteiger partial charge in [0.1, 0.15) is 5.82 Å². The summed E-state index contributed by atoms with van der Waals surface area (Å²) in [5, 5.41) is 8.82. The number of amides is 1. The summed E-state index contributed by atoms with van der Waals surface area (Å²) in [4.78, 5) is 14.5. The lowest BCUT2D eigenvalue weighted by Crippen LogP contribution is -2.32. The van der Waals surface area contributed by atoms with Gasteiger partial charge in [-0.1, -0.05) is 12.1 Å². The van der Waals surface area contributed by atoms with Gasteiger partial charge in [0.05, 0.1) is 11.6 Å². The van der Waals surface area contributed by atoms with Gasteiger partial charge in [0.25, 0.3) is 5.91 Å². The molecule has 1 saturated carbocycles. The number of nitrogens with zero attached hydrogens (tertiary/aromatic N) is 2. The molecule has 0 N–H and O–H groups in total. The smallest absolute Gasteiger partial charge is 0.254 e. The first-order valence-corrected chi connectivity index (χ1v) is 7.23. The van der Waals surface area contributed by atoms with E-state index in [2.05, 4.69) is 0 Å². The highest BCUT2D eigenvalue weighted by atomic mass is 19.1. The van der Waals surface area contributed by atoms with Crippen molar-refractivity contribution in [2.45, 2.75) is 25.4 Å². The molecule has 3 rings (SSSR count). The minimum absolute atomic E-state index is 0.0451. The average Bonchev–Trinajstić information content (AvgIpc) is 3.38. The fourth-order valence-electron chi connectivity index (χ4n) is 2.39. The molecule has 1 fully saturated rings. The first kappa shape index (κ1) is 14.3. The van der Waals surface area contributed by atoms with Gasteiger partial charge in [0, 0.05) is 18.2 Å². The van der Waals surface area contributed by atoms with Crippen LogP contribution in [0.15, 0.2) is 48.5 Å². The van der Waals surface area contributed by atoms with Crippen LogP contribution in [0.2, 0.25) is 0 Å². The summed E-state index contributed by atoms with van der Waals surface area (Å²) in [5.74, 6) is -0.323. The molecule has 22 heavy (non-hydrogen) atoms. The number of carbonyl (C=O) groups excluding carboxylic acids is 1. The zero-order valence-electron chi connectivity index (χ0n) is 12.0. The molecule has 1 aliphatic rings. The van der Waals surface area contributed by atoms with Crippen LogP contribution in [0.3, 0.4) is 0 Å². The molecule has 0 saturated heterocycles. The van der Waals surface area contributed by atoms with Crippen molar-refractivity contribution in [1.29, 1.82) is 5.26 Å². The predicted molar refractivity (Wildman–Crippen MR) is 80.5 cm³/mol. The maximum Gasteiger partial charge on any atom is 0.254 e. The highest BCUT2D eigenvalue weighted by Gasteiger charge is 2.33. The van der Waals surface area contributed by atoms with Crippen molar-refractivity contribution in [1.82, 2.24) is 4.90 Å². The molecule has 110 valence electrons. The van der Waals surface area contributed by atoms with E-state index >= 15 is 0 Å². The normalized spacial score (nSPS) is 13.5. The zero-order chi connectivity index (χ0) is 15.5. The second kappa shape index (κ2) is 5.98. The van der Waals surface area contributed by atoms with Crippen LogP contribution in [0.4, 0.5) is 4.39 Å². The van der Waals surface area contributed by atoms with Crippen LogP contribution in [0, 0.1) is 17.1 Å². The van der Waals surface area contributed by atoms with Crippen LogP contribution < -0.4 is 0 Å². The first-order valence-electron chi connectivity index (χ1n) is 7.23. The Morgan fingerprint density at radius 2 is 1.77 bits per heavy atom. The van der Waals surface area contributed by atoms with Crippen molar-refractivity contribution in [2.75, 3.05) is 0 Å². The Morgan fingerprint density at radius 1 is 1.14 bits per heavy atom. The highest BCUT2D eigenvalue weighted by molar-refractivity contribution is 5.94. The van der Waals surface area contributed by atoms with Crippen LogP contribution in [0.1, 0.15) is 34.3 Å². The topological polar surface area (TPSA) is 44.1 Å². The van der Waals surface area contributed by atoms with Crippen molar-refractivity contribution >= 4 is 5.91 Å². The molecule has 0 atom stereocenters. The summed E-state index contributed by atoms with van der Waals surface area (Å²) >= 11 is 0. The van der Waals surface area contributed by atoms with E-state index in [0.29, 0.717) is 17.7 Å². The number of benzene rings is 2. The van der Waals surface area contributed by atoms with Crippen molar-refractivity contribution in [3.8, 4) is 6.07 Å². The third kappa shape index (κ3) is 3.15. The summed E-state index contributed by atoms with van der Waals surface area (Å²) in [5.41, 5.74) is 2.02. The van der Waals surface area contributed by atoms with E-state index in [1.807, 2.05) is 11.0 Å². The molecule has 2 aromatic rings. The van der Waals surface area contributed by atoms with Crippen molar-refractivity contribution in [3.63, 3.8) is 0 Å². The van der Waals surface area contributed by atoms with Gasteiger partial charge in [0.15, 0.2) is 0 Å². The summed E-state index contributed by atoms with van der Waals surface area (Å²) < 4.78 is 13.0. The SMILES string of the molecule is N#Cc1ccc(C(=O)N(Cc2ccc(F)cc2)C2CC2)cc1. The average molecular weight is 294 g/mol. The third-order valence-electron chi connectivity index (χ3n) is 3.78. The molecule has 0 heterocycles. The van der Waals surface area contributed by atoms with E-state index in [0.717, 1.165) is 18.4 Å². The maximum absolute atomic E-state index is 13.0. The van der Waals surface area contributed by atoms with Crippen molar-refractivity contribution < 1.29 is 9.18 Å². The summed E-state index contributed by atoms with van der Waals surface area (Å²) in [6.45, 7) is 0.476. The summed E-state index contributed by atoms with van der Waals surface area (Å²) in [6, 6.07) is 15.2. The maximum atomic E-state index is 13.0. The number of rotatable bonds is 4. The van der Waals surface area contributed by atoms with E-state index in [1.54, 1.807) is 36.4 Å². The monoisotopic (exact) mass is 294 g/mol. The molecule has 0 radical (unpaired) electrons. The van der Waals surface area contributed by atoms with Gasteiger partial charge in [-0.05, 0) is 54.8 Å². The van der Waals surface area contributed by atoms with Crippen molar-refractivity contribution in [2.24, 2.45) is 0 Å². The summed E-state index contributed by atoms with van der Waals surface area (Å²) in [6.07, 6.45) is 2.01. The lowest BCUT2D eigenvalue weighted by molar-refractivity contribution is 0.0730. The van der Waals surface area contributed by atoms with Gasteiger partial charge in [-0.15, -0.1) is 0 Å². The number of hydrogen-bond donors (Lipinski definition) is 0. The Labute approximate surface area is 128 Å². The quantitative estimate of drug-likeness (QED) is 0.866. The van der Waals surface area contributed by atoms with Gasteiger partial charge in [0.2, 0.25) is 0 Å². The largest absolute Gasteiger partial charge is 0.331 e. The van der Waals surface area contributed by atoms with E-state index < -0.39 is 0 Å². The van der Waals surface area contributed by atoms with E-state index in [9.17, 15) is 9.18 Å². The first-order chi connectivity index (χ1) is 10.7. The molecule has 0 aliphatic heterocycles. The number of carbonyl (C=O) groups is 1. The number of halogens is 1. The number of hydrogen-bond acceptors (Lipinski definition) is 2. The molecule has 1 amide bonds.